The molecule has 2 aliphatic rings. The second-order valence-electron chi connectivity index (χ2n) is 9.02. The van der Waals surface area contributed by atoms with Gasteiger partial charge in [-0.1, -0.05) is 12.1 Å². The van der Waals surface area contributed by atoms with Gasteiger partial charge in [-0.2, -0.15) is 5.10 Å². The van der Waals surface area contributed by atoms with E-state index in [0.717, 1.165) is 61.0 Å². The Morgan fingerprint density at radius 2 is 1.97 bits per heavy atom. The third kappa shape index (κ3) is 4.06. The van der Waals surface area contributed by atoms with E-state index in [4.69, 9.17) is 4.84 Å². The van der Waals surface area contributed by atoms with Gasteiger partial charge >= 0.3 is 0 Å². The third-order valence-electron chi connectivity index (χ3n) is 6.78. The van der Waals surface area contributed by atoms with Gasteiger partial charge in [-0.05, 0) is 74.6 Å². The summed E-state index contributed by atoms with van der Waals surface area (Å²) in [5, 5.41) is 5.92. The van der Waals surface area contributed by atoms with Crippen molar-refractivity contribution in [1.29, 1.82) is 0 Å². The molecule has 2 fully saturated rings. The summed E-state index contributed by atoms with van der Waals surface area (Å²) in [5.74, 6) is 0.789. The van der Waals surface area contributed by atoms with Crippen molar-refractivity contribution < 1.29 is 9.63 Å². The molecular formula is C24H29N5O2. The van der Waals surface area contributed by atoms with Crippen molar-refractivity contribution >= 4 is 11.6 Å². The summed E-state index contributed by atoms with van der Waals surface area (Å²) in [6.07, 6.45) is 11.4. The first-order valence-electron chi connectivity index (χ1n) is 11.3. The topological polar surface area (TPSA) is 72.6 Å². The van der Waals surface area contributed by atoms with Gasteiger partial charge in [-0.25, -0.2) is 14.6 Å². The summed E-state index contributed by atoms with van der Waals surface area (Å²) in [6.45, 7) is 4.64. The Labute approximate surface area is 182 Å². The lowest BCUT2D eigenvalue weighted by Crippen LogP contribution is -2.36. The Balaban J connectivity index is 1.20. The minimum absolute atomic E-state index is 0.0179. The van der Waals surface area contributed by atoms with Crippen LogP contribution in [0.3, 0.4) is 0 Å². The van der Waals surface area contributed by atoms with E-state index < -0.39 is 0 Å². The summed E-state index contributed by atoms with van der Waals surface area (Å²) in [5.41, 5.74) is 5.41. The number of aryl methyl sites for hydroxylation is 2. The van der Waals surface area contributed by atoms with Crippen LogP contribution >= 0.6 is 0 Å². The zero-order chi connectivity index (χ0) is 21.4. The molecule has 31 heavy (non-hydrogen) atoms. The number of carbonyl (C=O) groups excluding carboxylic acids is 1. The molecule has 7 nitrogen and oxygen atoms in total. The van der Waals surface area contributed by atoms with Crippen LogP contribution in [0.15, 0.2) is 36.9 Å². The van der Waals surface area contributed by atoms with E-state index in [0.29, 0.717) is 12.5 Å². The summed E-state index contributed by atoms with van der Waals surface area (Å²) >= 11 is 0. The normalized spacial score (nSPS) is 24.1. The first-order chi connectivity index (χ1) is 15.1. The molecule has 1 aliphatic carbocycles. The van der Waals surface area contributed by atoms with Crippen molar-refractivity contribution in [2.75, 3.05) is 6.61 Å². The molecule has 162 valence electrons. The van der Waals surface area contributed by atoms with E-state index in [2.05, 4.69) is 40.3 Å². The fourth-order valence-electron chi connectivity index (χ4n) is 5.07. The highest BCUT2D eigenvalue weighted by Crippen LogP contribution is 2.37. The van der Waals surface area contributed by atoms with Gasteiger partial charge in [0.15, 0.2) is 5.65 Å². The van der Waals surface area contributed by atoms with E-state index in [1.54, 1.807) is 11.4 Å². The number of hydrogen-bond acceptors (Lipinski definition) is 5. The van der Waals surface area contributed by atoms with Gasteiger partial charge in [0.25, 0.3) is 0 Å². The quantitative estimate of drug-likeness (QED) is 0.639. The maximum atomic E-state index is 13.2. The number of aromatic nitrogens is 4. The van der Waals surface area contributed by atoms with Crippen molar-refractivity contribution in [3.8, 4) is 0 Å². The number of nitrogens with zero attached hydrogens (tertiary/aromatic N) is 5. The van der Waals surface area contributed by atoms with Gasteiger partial charge in [0.2, 0.25) is 5.91 Å². The van der Waals surface area contributed by atoms with Gasteiger partial charge in [-0.3, -0.25) is 14.6 Å². The van der Waals surface area contributed by atoms with Gasteiger partial charge < -0.3 is 0 Å². The smallest absolute Gasteiger partial charge is 0.249 e. The van der Waals surface area contributed by atoms with Gasteiger partial charge in [0, 0.05) is 30.4 Å². The van der Waals surface area contributed by atoms with Crippen LogP contribution in [-0.4, -0.2) is 37.2 Å². The van der Waals surface area contributed by atoms with Gasteiger partial charge in [0.1, 0.15) is 6.33 Å². The summed E-state index contributed by atoms with van der Waals surface area (Å²) in [7, 11) is 0. The second-order valence-corrected chi connectivity index (χ2v) is 9.02. The maximum Gasteiger partial charge on any atom is 0.249 e. The lowest BCUT2D eigenvalue weighted by Gasteiger charge is -2.32. The molecule has 3 aromatic heterocycles. The van der Waals surface area contributed by atoms with Crippen molar-refractivity contribution in [3.05, 3.63) is 59.3 Å². The molecule has 1 saturated heterocycles. The number of hydrogen-bond donors (Lipinski definition) is 0. The fraction of sp³-hybridized carbons (Fsp3) is 0.500. The highest BCUT2D eigenvalue weighted by molar-refractivity contribution is 5.78. The summed E-state index contributed by atoms with van der Waals surface area (Å²) < 4.78 is 1.87. The molecule has 3 aromatic rings. The number of hydroxylamine groups is 2. The van der Waals surface area contributed by atoms with Crippen LogP contribution in [0.4, 0.5) is 0 Å². The minimum Gasteiger partial charge on any atom is -0.272 e. The number of fused-ring (bicyclic) bond motifs is 1. The molecule has 5 rings (SSSR count). The largest absolute Gasteiger partial charge is 0.272 e. The third-order valence-corrected chi connectivity index (χ3v) is 6.78. The van der Waals surface area contributed by atoms with Crippen molar-refractivity contribution in [1.82, 2.24) is 24.6 Å². The van der Waals surface area contributed by atoms with E-state index in [1.165, 1.54) is 5.56 Å². The second kappa shape index (κ2) is 8.38. The van der Waals surface area contributed by atoms with E-state index >= 15 is 0 Å². The monoisotopic (exact) mass is 419 g/mol. The van der Waals surface area contributed by atoms with Crippen molar-refractivity contribution in [3.63, 3.8) is 0 Å². The Bertz CT molecular complexity index is 1070. The molecule has 0 aromatic carbocycles. The first-order valence-corrected chi connectivity index (χ1v) is 11.3. The Hall–Kier alpha value is -2.80. The van der Waals surface area contributed by atoms with Crippen LogP contribution in [0.5, 0.6) is 0 Å². The summed E-state index contributed by atoms with van der Waals surface area (Å²) in [6, 6.07) is 6.27. The molecule has 1 atom stereocenters. The van der Waals surface area contributed by atoms with Crippen LogP contribution in [0.25, 0.3) is 5.65 Å². The van der Waals surface area contributed by atoms with E-state index in [1.807, 2.05) is 23.7 Å². The Morgan fingerprint density at radius 1 is 1.13 bits per heavy atom. The number of carbonyl (C=O) groups is 1. The molecule has 4 heterocycles. The van der Waals surface area contributed by atoms with Crippen molar-refractivity contribution in [2.24, 2.45) is 11.8 Å². The maximum absolute atomic E-state index is 13.2. The lowest BCUT2D eigenvalue weighted by atomic mass is 9.79. The molecule has 0 spiro atoms. The molecule has 1 aliphatic heterocycles. The van der Waals surface area contributed by atoms with Gasteiger partial charge in [-0.15, -0.1) is 0 Å². The average molecular weight is 420 g/mol. The fourth-order valence-corrected chi connectivity index (χ4v) is 5.07. The minimum atomic E-state index is -0.0179. The standard InChI is InChI=1S/C24H29N5O2/c1-16-11-19(14-28-23(16)26-15-27-28)12-18-4-7-20(8-5-18)24(30)29-22(9-10-31-29)21-6-3-17(2)25-13-21/h3,6,11,13-15,18,20,22H,4-5,7-10,12H2,1-2H3/t18?,20?,22-/m0/s1. The number of rotatable bonds is 4. The van der Waals surface area contributed by atoms with Crippen LogP contribution in [0.1, 0.15) is 60.5 Å². The number of amides is 1. The molecule has 0 N–H and O–H groups in total. The zero-order valence-electron chi connectivity index (χ0n) is 18.2. The highest BCUT2D eigenvalue weighted by atomic mass is 16.7. The molecule has 1 amide bonds. The first kappa shape index (κ1) is 20.1. The molecular weight excluding hydrogens is 390 g/mol. The predicted octanol–water partition coefficient (Wildman–Crippen LogP) is 4.00. The van der Waals surface area contributed by atoms with Crippen LogP contribution < -0.4 is 0 Å². The van der Waals surface area contributed by atoms with Crippen LogP contribution in [-0.2, 0) is 16.1 Å². The molecule has 1 saturated carbocycles. The molecule has 0 radical (unpaired) electrons. The molecule has 7 heteroatoms. The number of pyridine rings is 2. The predicted molar refractivity (Wildman–Crippen MR) is 116 cm³/mol. The Morgan fingerprint density at radius 3 is 2.74 bits per heavy atom. The van der Waals surface area contributed by atoms with Crippen LogP contribution in [0.2, 0.25) is 0 Å². The van der Waals surface area contributed by atoms with E-state index in [9.17, 15) is 4.79 Å². The van der Waals surface area contributed by atoms with Crippen molar-refractivity contribution in [2.45, 2.75) is 58.4 Å². The highest BCUT2D eigenvalue weighted by Gasteiger charge is 2.37. The zero-order valence-corrected chi connectivity index (χ0v) is 18.2. The molecule has 0 bridgehead atoms. The Kier molecular flexibility index (Phi) is 5.44. The molecule has 0 unspecified atom stereocenters. The van der Waals surface area contributed by atoms with Crippen LogP contribution in [0, 0.1) is 25.7 Å². The van der Waals surface area contributed by atoms with E-state index in [-0.39, 0.29) is 17.9 Å². The van der Waals surface area contributed by atoms with Gasteiger partial charge in [0.05, 0.1) is 12.6 Å². The average Bonchev–Trinajstić information content (AvgIpc) is 3.44. The summed E-state index contributed by atoms with van der Waals surface area (Å²) in [4.78, 5) is 27.7. The SMILES string of the molecule is Cc1ccc([C@@H]2CCON2C(=O)C2CCC(Cc3cc(C)c4ncnn4c3)CC2)cn1. The lowest BCUT2D eigenvalue weighted by molar-refractivity contribution is -0.183.